The van der Waals surface area contributed by atoms with Crippen LogP contribution in [0.25, 0.3) is 10.9 Å². The molecule has 35 heavy (non-hydrogen) atoms. The van der Waals surface area contributed by atoms with Gasteiger partial charge in [-0.15, -0.1) is 0 Å². The molecule has 1 aromatic heterocycles. The van der Waals surface area contributed by atoms with E-state index in [0.717, 1.165) is 41.1 Å². The molecular weight excluding hydrogens is 460 g/mol. The molecule has 1 unspecified atom stereocenters. The van der Waals surface area contributed by atoms with Crippen LogP contribution in [-0.2, 0) is 17.8 Å². The molecular formula is C27H32N4O3S. The van der Waals surface area contributed by atoms with Crippen LogP contribution in [0.5, 0.6) is 0 Å². The van der Waals surface area contributed by atoms with E-state index in [0.29, 0.717) is 19.5 Å². The van der Waals surface area contributed by atoms with Crippen LogP contribution in [0.4, 0.5) is 5.69 Å². The summed E-state index contributed by atoms with van der Waals surface area (Å²) in [6.45, 7) is 1.12. The molecule has 2 aliphatic rings. The number of aliphatic hydroxyl groups excluding tert-OH is 1. The molecule has 184 valence electrons. The Kier molecular flexibility index (Phi) is 6.75. The van der Waals surface area contributed by atoms with E-state index in [1.54, 1.807) is 11.8 Å². The lowest BCUT2D eigenvalue weighted by atomic mass is 9.96. The number of benzene rings is 2. The van der Waals surface area contributed by atoms with E-state index < -0.39 is 0 Å². The minimum atomic E-state index is -0.223. The molecule has 0 aliphatic carbocycles. The summed E-state index contributed by atoms with van der Waals surface area (Å²) in [5, 5.41) is 13.8. The third kappa shape index (κ3) is 4.19. The standard InChI is InChI=1S/C27H32N4O3S/c1-29-22-9-5-4-8-21(22)27(34)31-14-11-20-19-7-3-6-10-23(19)30(25(20)26(29)31)15-12-24(33)28-18(17-32)13-16-35-2/h3-10,18,26,32H,11-17H2,1-2H3,(H,28,33)/t18-,26?/m0/s1. The largest absolute Gasteiger partial charge is 0.394 e. The maximum Gasteiger partial charge on any atom is 0.257 e. The summed E-state index contributed by atoms with van der Waals surface area (Å²) in [6.07, 6.45) is 3.64. The Morgan fingerprint density at radius 1 is 1.20 bits per heavy atom. The monoisotopic (exact) mass is 492 g/mol. The zero-order chi connectivity index (χ0) is 24.5. The quantitative estimate of drug-likeness (QED) is 0.504. The Hall–Kier alpha value is -2.97. The van der Waals surface area contributed by atoms with Crippen LogP contribution in [0.1, 0.15) is 40.6 Å². The number of rotatable bonds is 8. The van der Waals surface area contributed by atoms with Gasteiger partial charge < -0.3 is 24.8 Å². The number of thioether (sulfide) groups is 1. The number of amides is 2. The van der Waals surface area contributed by atoms with E-state index in [1.165, 1.54) is 10.9 Å². The minimum absolute atomic E-state index is 0.0580. The summed E-state index contributed by atoms with van der Waals surface area (Å²) in [6, 6.07) is 15.9. The number of aliphatic hydroxyl groups is 1. The van der Waals surface area contributed by atoms with Crippen molar-refractivity contribution in [1.82, 2.24) is 14.8 Å². The fourth-order valence-electron chi connectivity index (χ4n) is 5.53. The zero-order valence-corrected chi connectivity index (χ0v) is 21.1. The van der Waals surface area contributed by atoms with Crippen molar-refractivity contribution in [1.29, 1.82) is 0 Å². The SMILES string of the molecule is CSCC[C@@H](CO)NC(=O)CCn1c2c(c3ccccc31)CCN1C(=O)c3ccccc3N(C)C21. The van der Waals surface area contributed by atoms with Gasteiger partial charge >= 0.3 is 0 Å². The Morgan fingerprint density at radius 2 is 1.97 bits per heavy atom. The summed E-state index contributed by atoms with van der Waals surface area (Å²) >= 11 is 1.70. The second-order valence-corrected chi connectivity index (χ2v) is 10.2. The molecule has 2 atom stereocenters. The number of nitrogens with one attached hydrogen (secondary N) is 1. The number of carbonyl (C=O) groups is 2. The number of carbonyl (C=O) groups excluding carboxylic acids is 2. The van der Waals surface area contributed by atoms with Crippen LogP contribution in [0.15, 0.2) is 48.5 Å². The molecule has 2 amide bonds. The van der Waals surface area contributed by atoms with E-state index >= 15 is 0 Å². The smallest absolute Gasteiger partial charge is 0.257 e. The molecule has 2 aliphatic heterocycles. The second kappa shape index (κ2) is 9.95. The van der Waals surface area contributed by atoms with Crippen LogP contribution in [0.3, 0.4) is 0 Å². The van der Waals surface area contributed by atoms with Gasteiger partial charge in [0.25, 0.3) is 5.91 Å². The van der Waals surface area contributed by atoms with Crippen molar-refractivity contribution >= 4 is 40.2 Å². The first-order chi connectivity index (χ1) is 17.0. The van der Waals surface area contributed by atoms with Crippen molar-refractivity contribution < 1.29 is 14.7 Å². The lowest BCUT2D eigenvalue weighted by molar-refractivity contribution is -0.122. The van der Waals surface area contributed by atoms with Crippen molar-refractivity contribution in [3.05, 3.63) is 65.4 Å². The molecule has 3 aromatic rings. The first-order valence-corrected chi connectivity index (χ1v) is 13.6. The van der Waals surface area contributed by atoms with Crippen LogP contribution >= 0.6 is 11.8 Å². The first-order valence-electron chi connectivity index (χ1n) is 12.2. The maximum atomic E-state index is 13.4. The van der Waals surface area contributed by atoms with Gasteiger partial charge in [-0.05, 0) is 48.6 Å². The van der Waals surface area contributed by atoms with Crippen molar-refractivity contribution in [2.75, 3.05) is 37.1 Å². The molecule has 0 spiro atoms. The van der Waals surface area contributed by atoms with Crippen LogP contribution in [0.2, 0.25) is 0 Å². The van der Waals surface area contributed by atoms with Crippen LogP contribution in [0, 0.1) is 0 Å². The minimum Gasteiger partial charge on any atom is -0.394 e. The molecule has 0 saturated heterocycles. The highest BCUT2D eigenvalue weighted by atomic mass is 32.2. The lowest BCUT2D eigenvalue weighted by Crippen LogP contribution is -2.51. The zero-order valence-electron chi connectivity index (χ0n) is 20.2. The molecule has 2 aromatic carbocycles. The molecule has 8 heteroatoms. The van der Waals surface area contributed by atoms with E-state index in [1.807, 2.05) is 48.5 Å². The molecule has 0 bridgehead atoms. The summed E-state index contributed by atoms with van der Waals surface area (Å²) in [4.78, 5) is 30.4. The van der Waals surface area contributed by atoms with Gasteiger partial charge in [0.1, 0.15) is 6.17 Å². The molecule has 0 radical (unpaired) electrons. The molecule has 2 N–H and O–H groups in total. The predicted molar refractivity (Wildman–Crippen MR) is 141 cm³/mol. The number of nitrogens with zero attached hydrogens (tertiary/aromatic N) is 3. The van der Waals surface area contributed by atoms with E-state index in [9.17, 15) is 14.7 Å². The molecule has 5 rings (SSSR count). The van der Waals surface area contributed by atoms with Crippen molar-refractivity contribution in [2.45, 2.75) is 38.0 Å². The van der Waals surface area contributed by atoms with Gasteiger partial charge in [0.05, 0.1) is 29.6 Å². The number of fused-ring (bicyclic) bond motifs is 6. The predicted octanol–water partition coefficient (Wildman–Crippen LogP) is 3.41. The van der Waals surface area contributed by atoms with Crippen molar-refractivity contribution in [3.8, 4) is 0 Å². The summed E-state index contributed by atoms with van der Waals surface area (Å²) in [7, 11) is 2.05. The van der Waals surface area contributed by atoms with E-state index in [2.05, 4.69) is 33.0 Å². The van der Waals surface area contributed by atoms with Crippen molar-refractivity contribution in [3.63, 3.8) is 0 Å². The Bertz CT molecular complexity index is 1260. The van der Waals surface area contributed by atoms with Gasteiger partial charge in [-0.25, -0.2) is 0 Å². The van der Waals surface area contributed by atoms with Crippen molar-refractivity contribution in [2.24, 2.45) is 0 Å². The highest BCUT2D eigenvalue weighted by Gasteiger charge is 2.42. The Labute approximate surface area is 210 Å². The van der Waals surface area contributed by atoms with Crippen LogP contribution in [-0.4, -0.2) is 64.6 Å². The normalized spacial score (nSPS) is 17.7. The van der Waals surface area contributed by atoms with Gasteiger partial charge in [0, 0.05) is 37.5 Å². The second-order valence-electron chi connectivity index (χ2n) is 9.26. The Balaban J connectivity index is 1.49. The Morgan fingerprint density at radius 3 is 2.77 bits per heavy atom. The highest BCUT2D eigenvalue weighted by Crippen LogP contribution is 2.44. The third-order valence-electron chi connectivity index (χ3n) is 7.22. The van der Waals surface area contributed by atoms with Gasteiger partial charge in [0.2, 0.25) is 5.91 Å². The van der Waals surface area contributed by atoms with Gasteiger partial charge in [-0.3, -0.25) is 9.59 Å². The number of aryl methyl sites for hydroxylation is 1. The van der Waals surface area contributed by atoms with Gasteiger partial charge in [0.15, 0.2) is 0 Å². The van der Waals surface area contributed by atoms with Crippen LogP contribution < -0.4 is 10.2 Å². The number of anilines is 1. The third-order valence-corrected chi connectivity index (χ3v) is 7.87. The average molecular weight is 493 g/mol. The maximum absolute atomic E-state index is 13.4. The molecule has 0 saturated carbocycles. The lowest BCUT2D eigenvalue weighted by Gasteiger charge is -2.46. The molecule has 3 heterocycles. The average Bonchev–Trinajstić information content (AvgIpc) is 3.21. The highest BCUT2D eigenvalue weighted by molar-refractivity contribution is 7.98. The van der Waals surface area contributed by atoms with Gasteiger partial charge in [-0.2, -0.15) is 11.8 Å². The molecule has 0 fully saturated rings. The summed E-state index contributed by atoms with van der Waals surface area (Å²) < 4.78 is 2.23. The fraction of sp³-hybridized carbons (Fsp3) is 0.407. The first kappa shape index (κ1) is 23.8. The molecule has 7 nitrogen and oxygen atoms in total. The number of para-hydroxylation sites is 2. The van der Waals surface area contributed by atoms with Gasteiger partial charge in [-0.1, -0.05) is 30.3 Å². The summed E-state index contributed by atoms with van der Waals surface area (Å²) in [5.41, 5.74) is 5.11. The van der Waals surface area contributed by atoms with E-state index in [4.69, 9.17) is 0 Å². The number of hydrogen-bond donors (Lipinski definition) is 2. The topological polar surface area (TPSA) is 77.8 Å². The number of hydrogen-bond acceptors (Lipinski definition) is 5. The van der Waals surface area contributed by atoms with E-state index in [-0.39, 0.29) is 30.6 Å². The fourth-order valence-corrected chi connectivity index (χ4v) is 6.05. The number of aromatic nitrogens is 1. The summed E-state index contributed by atoms with van der Waals surface area (Å²) in [5.74, 6) is 0.881.